The largest absolute Gasteiger partial charge is 0.490 e. The van der Waals surface area contributed by atoms with Crippen LogP contribution in [0.5, 0.6) is 5.75 Å². The van der Waals surface area contributed by atoms with Crippen molar-refractivity contribution in [2.24, 2.45) is 0 Å². The maximum absolute atomic E-state index is 9.42. The Hall–Kier alpha value is -0.540. The van der Waals surface area contributed by atoms with Crippen molar-refractivity contribution >= 4 is 15.9 Å². The molecular weight excluding hydrogens is 256 g/mol. The SMILES string of the molecule is CC(O)Cc1cc(Br)cc2c1OC(C)C2. The predicted molar refractivity (Wildman–Crippen MR) is 63.3 cm³/mol. The normalized spacial score (nSPS) is 20.9. The van der Waals surface area contributed by atoms with Gasteiger partial charge in [0.25, 0.3) is 0 Å². The number of halogens is 1. The van der Waals surface area contributed by atoms with Gasteiger partial charge in [0.2, 0.25) is 0 Å². The third kappa shape index (κ3) is 2.34. The van der Waals surface area contributed by atoms with Gasteiger partial charge in [-0.25, -0.2) is 0 Å². The molecule has 0 saturated carbocycles. The number of fused-ring (bicyclic) bond motifs is 1. The molecule has 1 aromatic rings. The minimum Gasteiger partial charge on any atom is -0.490 e. The molecule has 2 unspecified atom stereocenters. The third-order valence-electron chi connectivity index (χ3n) is 2.55. The van der Waals surface area contributed by atoms with Crippen molar-refractivity contribution in [1.29, 1.82) is 0 Å². The lowest BCUT2D eigenvalue weighted by atomic mass is 10.0. The Balaban J connectivity index is 2.38. The maximum Gasteiger partial charge on any atom is 0.126 e. The molecule has 0 spiro atoms. The highest BCUT2D eigenvalue weighted by Gasteiger charge is 2.23. The van der Waals surface area contributed by atoms with Crippen molar-refractivity contribution < 1.29 is 9.84 Å². The summed E-state index contributed by atoms with van der Waals surface area (Å²) >= 11 is 3.49. The van der Waals surface area contributed by atoms with Crippen molar-refractivity contribution in [3.63, 3.8) is 0 Å². The standard InChI is InChI=1S/C12H15BrO2/c1-7(14)3-9-5-11(13)6-10-4-8(2)15-12(9)10/h5-8,14H,3-4H2,1-2H3. The first-order chi connectivity index (χ1) is 7.06. The summed E-state index contributed by atoms with van der Waals surface area (Å²) in [6.45, 7) is 3.87. The average Bonchev–Trinajstić information content (AvgIpc) is 2.44. The van der Waals surface area contributed by atoms with Gasteiger partial charge < -0.3 is 9.84 Å². The predicted octanol–water partition coefficient (Wildman–Crippen LogP) is 2.70. The van der Waals surface area contributed by atoms with E-state index >= 15 is 0 Å². The van der Waals surface area contributed by atoms with Crippen molar-refractivity contribution in [3.05, 3.63) is 27.7 Å². The Morgan fingerprint density at radius 1 is 1.60 bits per heavy atom. The lowest BCUT2D eigenvalue weighted by Crippen LogP contribution is -2.08. The Kier molecular flexibility index (Phi) is 3.03. The number of aliphatic hydroxyl groups is 1. The van der Waals surface area contributed by atoms with E-state index < -0.39 is 0 Å². The summed E-state index contributed by atoms with van der Waals surface area (Å²) in [5, 5.41) is 9.42. The highest BCUT2D eigenvalue weighted by Crippen LogP contribution is 2.35. The minimum atomic E-state index is -0.331. The summed E-state index contributed by atoms with van der Waals surface area (Å²) in [5.41, 5.74) is 2.34. The second-order valence-corrected chi connectivity index (χ2v) is 5.15. The van der Waals surface area contributed by atoms with Crippen molar-refractivity contribution in [1.82, 2.24) is 0 Å². The molecule has 0 radical (unpaired) electrons. The zero-order chi connectivity index (χ0) is 11.0. The van der Waals surface area contributed by atoms with Gasteiger partial charge in [0.05, 0.1) is 6.10 Å². The Labute approximate surface area is 98.4 Å². The molecule has 1 heterocycles. The number of aliphatic hydroxyl groups excluding tert-OH is 1. The molecule has 1 N–H and O–H groups in total. The zero-order valence-electron chi connectivity index (χ0n) is 8.96. The highest BCUT2D eigenvalue weighted by atomic mass is 79.9. The number of ether oxygens (including phenoxy) is 1. The smallest absolute Gasteiger partial charge is 0.126 e. The van der Waals surface area contributed by atoms with Crippen LogP contribution in [0.25, 0.3) is 0 Å². The van der Waals surface area contributed by atoms with Gasteiger partial charge in [-0.3, -0.25) is 0 Å². The fourth-order valence-electron chi connectivity index (χ4n) is 2.04. The molecule has 1 aromatic carbocycles. The molecule has 15 heavy (non-hydrogen) atoms. The van der Waals surface area contributed by atoms with Crippen molar-refractivity contribution in [2.75, 3.05) is 0 Å². The maximum atomic E-state index is 9.42. The van der Waals surface area contributed by atoms with E-state index in [4.69, 9.17) is 4.74 Å². The average molecular weight is 271 g/mol. The van der Waals surface area contributed by atoms with Gasteiger partial charge in [-0.05, 0) is 37.1 Å². The van der Waals surface area contributed by atoms with Crippen LogP contribution in [-0.2, 0) is 12.8 Å². The van der Waals surface area contributed by atoms with E-state index in [1.807, 2.05) is 6.07 Å². The van der Waals surface area contributed by atoms with E-state index in [1.165, 1.54) is 5.56 Å². The van der Waals surface area contributed by atoms with Gasteiger partial charge >= 0.3 is 0 Å². The van der Waals surface area contributed by atoms with Crippen molar-refractivity contribution in [3.8, 4) is 5.75 Å². The molecular formula is C12H15BrO2. The fourth-order valence-corrected chi connectivity index (χ4v) is 2.59. The number of rotatable bonds is 2. The number of benzene rings is 1. The minimum absolute atomic E-state index is 0.252. The second kappa shape index (κ2) is 4.14. The first-order valence-corrected chi connectivity index (χ1v) is 6.01. The van der Waals surface area contributed by atoms with Gasteiger partial charge in [0.15, 0.2) is 0 Å². The van der Waals surface area contributed by atoms with Crippen LogP contribution in [0.1, 0.15) is 25.0 Å². The van der Waals surface area contributed by atoms with Gasteiger partial charge in [-0.15, -0.1) is 0 Å². The molecule has 1 aliphatic rings. The molecule has 82 valence electrons. The highest BCUT2D eigenvalue weighted by molar-refractivity contribution is 9.10. The third-order valence-corrected chi connectivity index (χ3v) is 3.01. The molecule has 3 heteroatoms. The first kappa shape index (κ1) is 11.0. The molecule has 0 saturated heterocycles. The molecule has 0 aromatic heterocycles. The summed E-state index contributed by atoms with van der Waals surface area (Å²) < 4.78 is 6.83. The summed E-state index contributed by atoms with van der Waals surface area (Å²) in [6.07, 6.45) is 1.53. The summed E-state index contributed by atoms with van der Waals surface area (Å²) in [5.74, 6) is 0.978. The molecule has 0 fully saturated rings. The summed E-state index contributed by atoms with van der Waals surface area (Å²) in [7, 11) is 0. The monoisotopic (exact) mass is 270 g/mol. The summed E-state index contributed by atoms with van der Waals surface area (Å²) in [4.78, 5) is 0. The first-order valence-electron chi connectivity index (χ1n) is 5.22. The van der Waals surface area contributed by atoms with E-state index in [0.29, 0.717) is 6.42 Å². The molecule has 2 atom stereocenters. The van der Waals surface area contributed by atoms with Crippen LogP contribution in [0.15, 0.2) is 16.6 Å². The van der Waals surface area contributed by atoms with E-state index in [9.17, 15) is 5.11 Å². The zero-order valence-corrected chi connectivity index (χ0v) is 10.5. The van der Waals surface area contributed by atoms with Crippen LogP contribution >= 0.6 is 15.9 Å². The molecule has 0 bridgehead atoms. The van der Waals surface area contributed by atoms with Crippen LogP contribution in [0.2, 0.25) is 0 Å². The quantitative estimate of drug-likeness (QED) is 0.896. The molecule has 0 amide bonds. The van der Waals surface area contributed by atoms with Crippen LogP contribution in [0.3, 0.4) is 0 Å². The van der Waals surface area contributed by atoms with E-state index in [-0.39, 0.29) is 12.2 Å². The molecule has 2 nitrogen and oxygen atoms in total. The Bertz CT molecular complexity index is 374. The van der Waals surface area contributed by atoms with Crippen LogP contribution in [0.4, 0.5) is 0 Å². The Morgan fingerprint density at radius 3 is 3.00 bits per heavy atom. The molecule has 1 aliphatic heterocycles. The topological polar surface area (TPSA) is 29.5 Å². The lowest BCUT2D eigenvalue weighted by molar-refractivity contribution is 0.192. The number of hydrogen-bond donors (Lipinski definition) is 1. The van der Waals surface area contributed by atoms with E-state index in [1.54, 1.807) is 6.92 Å². The Morgan fingerprint density at radius 2 is 2.33 bits per heavy atom. The fraction of sp³-hybridized carbons (Fsp3) is 0.500. The second-order valence-electron chi connectivity index (χ2n) is 4.24. The van der Waals surface area contributed by atoms with Crippen LogP contribution in [-0.4, -0.2) is 17.3 Å². The van der Waals surface area contributed by atoms with Gasteiger partial charge in [-0.1, -0.05) is 15.9 Å². The summed E-state index contributed by atoms with van der Waals surface area (Å²) in [6, 6.07) is 4.13. The lowest BCUT2D eigenvalue weighted by Gasteiger charge is -2.11. The van der Waals surface area contributed by atoms with Gasteiger partial charge in [-0.2, -0.15) is 0 Å². The van der Waals surface area contributed by atoms with E-state index in [2.05, 4.69) is 28.9 Å². The van der Waals surface area contributed by atoms with Gasteiger partial charge in [0, 0.05) is 17.3 Å². The van der Waals surface area contributed by atoms with Crippen molar-refractivity contribution in [2.45, 2.75) is 38.9 Å². The number of hydrogen-bond acceptors (Lipinski definition) is 2. The van der Waals surface area contributed by atoms with Crippen LogP contribution in [0, 0.1) is 0 Å². The molecule has 0 aliphatic carbocycles. The van der Waals surface area contributed by atoms with Crippen LogP contribution < -0.4 is 4.74 Å². The van der Waals surface area contributed by atoms with Gasteiger partial charge in [0.1, 0.15) is 11.9 Å². The van der Waals surface area contributed by atoms with E-state index in [0.717, 1.165) is 22.2 Å². The molecule has 2 rings (SSSR count).